The molecular weight excluding hydrogens is 258 g/mol. The maximum absolute atomic E-state index is 12.3. The first-order valence-electron chi connectivity index (χ1n) is 6.20. The van der Waals surface area contributed by atoms with Crippen molar-refractivity contribution in [3.05, 3.63) is 0 Å². The molecule has 2 heterocycles. The van der Waals surface area contributed by atoms with Crippen LogP contribution in [0, 0.1) is 5.92 Å². The van der Waals surface area contributed by atoms with Crippen LogP contribution in [0.2, 0.25) is 0 Å². The molecule has 0 radical (unpaired) electrons. The molecule has 18 heavy (non-hydrogen) atoms. The lowest BCUT2D eigenvalue weighted by atomic mass is 10.0. The zero-order chi connectivity index (χ0) is 13.2. The molecule has 1 atom stereocenters. The summed E-state index contributed by atoms with van der Waals surface area (Å²) >= 11 is 0. The van der Waals surface area contributed by atoms with E-state index in [9.17, 15) is 13.2 Å². The molecule has 104 valence electrons. The minimum absolute atomic E-state index is 0.0988. The Morgan fingerprint density at radius 1 is 1.17 bits per heavy atom. The van der Waals surface area contributed by atoms with E-state index in [1.165, 1.54) is 8.61 Å². The Morgan fingerprint density at radius 2 is 1.83 bits per heavy atom. The van der Waals surface area contributed by atoms with Gasteiger partial charge in [-0.2, -0.15) is 17.0 Å². The van der Waals surface area contributed by atoms with Gasteiger partial charge in [-0.05, 0) is 12.8 Å². The van der Waals surface area contributed by atoms with E-state index in [1.54, 1.807) is 0 Å². The molecule has 0 aromatic carbocycles. The molecule has 0 aromatic rings. The van der Waals surface area contributed by atoms with Gasteiger partial charge in [0.1, 0.15) is 0 Å². The summed E-state index contributed by atoms with van der Waals surface area (Å²) in [6.07, 6.45) is 1.17. The molecule has 8 heteroatoms. The molecular formula is C10H19N3O4S. The molecule has 2 saturated heterocycles. The topological polar surface area (TPSA) is 90.0 Å². The zero-order valence-electron chi connectivity index (χ0n) is 10.2. The van der Waals surface area contributed by atoms with Gasteiger partial charge < -0.3 is 10.4 Å². The summed E-state index contributed by atoms with van der Waals surface area (Å²) in [5.41, 5.74) is 0. The van der Waals surface area contributed by atoms with Gasteiger partial charge in [0.25, 0.3) is 10.2 Å². The van der Waals surface area contributed by atoms with Gasteiger partial charge in [-0.3, -0.25) is 4.79 Å². The SMILES string of the molecule is O=C(O)C1CCCN(S(=O)(=O)N2CCNCC2)C1. The Hall–Kier alpha value is -0.700. The number of piperazine rings is 1. The maximum atomic E-state index is 12.3. The molecule has 0 bridgehead atoms. The molecule has 1 unspecified atom stereocenters. The van der Waals surface area contributed by atoms with Crippen LogP contribution in [0.25, 0.3) is 0 Å². The van der Waals surface area contributed by atoms with Crippen molar-refractivity contribution in [3.8, 4) is 0 Å². The van der Waals surface area contributed by atoms with Crippen LogP contribution < -0.4 is 5.32 Å². The predicted octanol–water partition coefficient (Wildman–Crippen LogP) is -1.07. The van der Waals surface area contributed by atoms with E-state index in [4.69, 9.17) is 5.11 Å². The summed E-state index contributed by atoms with van der Waals surface area (Å²) in [5.74, 6) is -1.48. The van der Waals surface area contributed by atoms with Crippen molar-refractivity contribution >= 4 is 16.2 Å². The Kier molecular flexibility index (Phi) is 4.21. The molecule has 0 aromatic heterocycles. The molecule has 0 aliphatic carbocycles. The second-order valence-electron chi connectivity index (χ2n) is 4.69. The summed E-state index contributed by atoms with van der Waals surface area (Å²) in [7, 11) is -3.49. The lowest BCUT2D eigenvalue weighted by Gasteiger charge is -2.35. The Balaban J connectivity index is 2.06. The van der Waals surface area contributed by atoms with Gasteiger partial charge in [-0.15, -0.1) is 0 Å². The first-order valence-corrected chi connectivity index (χ1v) is 7.60. The molecule has 0 spiro atoms. The molecule has 7 nitrogen and oxygen atoms in total. The molecule has 0 saturated carbocycles. The third-order valence-corrected chi connectivity index (χ3v) is 5.46. The largest absolute Gasteiger partial charge is 0.481 e. The fourth-order valence-corrected chi connectivity index (χ4v) is 4.09. The van der Waals surface area contributed by atoms with Crippen LogP contribution in [-0.4, -0.2) is 67.4 Å². The van der Waals surface area contributed by atoms with Crippen molar-refractivity contribution in [1.82, 2.24) is 13.9 Å². The second kappa shape index (κ2) is 5.52. The van der Waals surface area contributed by atoms with Crippen molar-refractivity contribution in [2.45, 2.75) is 12.8 Å². The highest BCUT2D eigenvalue weighted by Crippen LogP contribution is 2.21. The van der Waals surface area contributed by atoms with Gasteiger partial charge in [-0.1, -0.05) is 0 Å². The molecule has 2 rings (SSSR count). The summed E-state index contributed by atoms with van der Waals surface area (Å²) in [6.45, 7) is 2.73. The van der Waals surface area contributed by atoms with E-state index in [0.717, 1.165) is 0 Å². The Labute approximate surface area is 107 Å². The summed E-state index contributed by atoms with van der Waals surface area (Å²) in [6, 6.07) is 0. The van der Waals surface area contributed by atoms with Crippen LogP contribution in [-0.2, 0) is 15.0 Å². The highest BCUT2D eigenvalue weighted by molar-refractivity contribution is 7.86. The minimum Gasteiger partial charge on any atom is -0.481 e. The van der Waals surface area contributed by atoms with Crippen molar-refractivity contribution in [1.29, 1.82) is 0 Å². The van der Waals surface area contributed by atoms with Gasteiger partial charge in [-0.25, -0.2) is 0 Å². The lowest BCUT2D eigenvalue weighted by Crippen LogP contribution is -2.54. The van der Waals surface area contributed by atoms with E-state index in [2.05, 4.69) is 5.32 Å². The number of piperidine rings is 1. The monoisotopic (exact) mass is 277 g/mol. The molecule has 2 N–H and O–H groups in total. The van der Waals surface area contributed by atoms with Crippen LogP contribution in [0.15, 0.2) is 0 Å². The number of carboxylic acids is 1. The molecule has 2 aliphatic rings. The van der Waals surface area contributed by atoms with E-state index < -0.39 is 22.1 Å². The predicted molar refractivity (Wildman–Crippen MR) is 65.3 cm³/mol. The van der Waals surface area contributed by atoms with Crippen LogP contribution in [0.1, 0.15) is 12.8 Å². The van der Waals surface area contributed by atoms with Crippen molar-refractivity contribution in [2.75, 3.05) is 39.3 Å². The first kappa shape index (κ1) is 13.7. The average Bonchev–Trinajstić information content (AvgIpc) is 2.40. The Bertz CT molecular complexity index is 405. The number of nitrogens with one attached hydrogen (secondary N) is 1. The fourth-order valence-electron chi connectivity index (χ4n) is 2.39. The number of hydrogen-bond donors (Lipinski definition) is 2. The normalized spacial score (nSPS) is 28.1. The smallest absolute Gasteiger partial charge is 0.307 e. The van der Waals surface area contributed by atoms with Gasteiger partial charge in [0.15, 0.2) is 0 Å². The fraction of sp³-hybridized carbons (Fsp3) is 0.900. The zero-order valence-corrected chi connectivity index (χ0v) is 11.0. The summed E-state index contributed by atoms with van der Waals surface area (Å²) in [5, 5.41) is 12.1. The Morgan fingerprint density at radius 3 is 2.44 bits per heavy atom. The van der Waals surface area contributed by atoms with E-state index >= 15 is 0 Å². The highest BCUT2D eigenvalue weighted by Gasteiger charge is 2.36. The number of carboxylic acid groups (broad SMARTS) is 1. The average molecular weight is 277 g/mol. The molecule has 0 amide bonds. The number of aliphatic carboxylic acids is 1. The molecule has 2 fully saturated rings. The van der Waals surface area contributed by atoms with Crippen molar-refractivity contribution < 1.29 is 18.3 Å². The highest BCUT2D eigenvalue weighted by atomic mass is 32.2. The quantitative estimate of drug-likeness (QED) is 0.686. The first-order chi connectivity index (χ1) is 8.51. The minimum atomic E-state index is -3.49. The van der Waals surface area contributed by atoms with Gasteiger partial charge in [0.05, 0.1) is 5.92 Å². The third kappa shape index (κ3) is 2.82. The second-order valence-corrected chi connectivity index (χ2v) is 6.62. The number of hydrogen-bond acceptors (Lipinski definition) is 4. The van der Waals surface area contributed by atoms with Crippen LogP contribution in [0.3, 0.4) is 0 Å². The third-order valence-electron chi connectivity index (χ3n) is 3.46. The van der Waals surface area contributed by atoms with E-state index in [-0.39, 0.29) is 6.54 Å². The van der Waals surface area contributed by atoms with Gasteiger partial charge >= 0.3 is 5.97 Å². The van der Waals surface area contributed by atoms with Gasteiger partial charge in [0.2, 0.25) is 0 Å². The maximum Gasteiger partial charge on any atom is 0.307 e. The van der Waals surface area contributed by atoms with Crippen molar-refractivity contribution in [3.63, 3.8) is 0 Å². The molecule has 2 aliphatic heterocycles. The lowest BCUT2D eigenvalue weighted by molar-refractivity contribution is -0.142. The number of rotatable bonds is 3. The van der Waals surface area contributed by atoms with Crippen LogP contribution in [0.4, 0.5) is 0 Å². The van der Waals surface area contributed by atoms with Gasteiger partial charge in [0, 0.05) is 39.3 Å². The van der Waals surface area contributed by atoms with Crippen LogP contribution >= 0.6 is 0 Å². The van der Waals surface area contributed by atoms with E-state index in [0.29, 0.717) is 45.6 Å². The summed E-state index contributed by atoms with van der Waals surface area (Å²) < 4.78 is 27.4. The number of nitrogens with zero attached hydrogens (tertiary/aromatic N) is 2. The summed E-state index contributed by atoms with van der Waals surface area (Å²) in [4.78, 5) is 11.0. The van der Waals surface area contributed by atoms with Crippen LogP contribution in [0.5, 0.6) is 0 Å². The van der Waals surface area contributed by atoms with E-state index in [1.807, 2.05) is 0 Å². The standard InChI is InChI=1S/C10H19N3O4S/c14-10(15)9-2-1-5-13(8-9)18(16,17)12-6-3-11-4-7-12/h9,11H,1-8H2,(H,14,15). The number of carbonyl (C=O) groups is 1. The van der Waals surface area contributed by atoms with Crippen molar-refractivity contribution in [2.24, 2.45) is 5.92 Å².